The smallest absolute Gasteiger partial charge is 0.229 e. The molecule has 0 aliphatic carbocycles. The van der Waals surface area contributed by atoms with E-state index < -0.39 is 0 Å². The number of nitrogens with one attached hydrogen (secondary N) is 1. The number of nitrogens with zero attached hydrogens (tertiary/aromatic N) is 4. The Morgan fingerprint density at radius 1 is 1.00 bits per heavy atom. The van der Waals surface area contributed by atoms with Gasteiger partial charge in [-0.25, -0.2) is 0 Å². The maximum absolute atomic E-state index is 12.9. The first kappa shape index (κ1) is 23.4. The number of fused-ring (bicyclic) bond motifs is 1. The molecular weight excluding hydrogens is 434 g/mol. The molecule has 3 heterocycles. The van der Waals surface area contributed by atoms with Crippen molar-refractivity contribution in [3.8, 4) is 0 Å². The highest BCUT2D eigenvalue weighted by molar-refractivity contribution is 5.90. The van der Waals surface area contributed by atoms with E-state index in [1.54, 1.807) is 0 Å². The van der Waals surface area contributed by atoms with E-state index in [0.717, 1.165) is 55.9 Å². The summed E-state index contributed by atoms with van der Waals surface area (Å²) in [6.07, 6.45) is 4.96. The van der Waals surface area contributed by atoms with E-state index in [2.05, 4.69) is 81.4 Å². The molecule has 2 atom stereocenters. The molecule has 0 radical (unpaired) electrons. The van der Waals surface area contributed by atoms with Crippen LogP contribution in [0, 0.1) is 5.92 Å². The first-order chi connectivity index (χ1) is 17.1. The van der Waals surface area contributed by atoms with Gasteiger partial charge in [0.2, 0.25) is 5.91 Å². The number of benzene rings is 2. The summed E-state index contributed by atoms with van der Waals surface area (Å²) >= 11 is 0. The van der Waals surface area contributed by atoms with Crippen LogP contribution in [0.4, 0.5) is 5.69 Å². The first-order valence-corrected chi connectivity index (χ1v) is 12.7. The number of carbonyl (C=O) groups is 1. The summed E-state index contributed by atoms with van der Waals surface area (Å²) < 4.78 is 0. The number of piperazine rings is 1. The van der Waals surface area contributed by atoms with E-state index in [0.29, 0.717) is 6.54 Å². The number of rotatable bonds is 7. The van der Waals surface area contributed by atoms with Gasteiger partial charge in [-0.2, -0.15) is 0 Å². The van der Waals surface area contributed by atoms with Crippen molar-refractivity contribution in [2.24, 2.45) is 5.92 Å². The number of hydrogen-bond acceptors (Lipinski definition) is 5. The predicted molar refractivity (Wildman–Crippen MR) is 143 cm³/mol. The van der Waals surface area contributed by atoms with E-state index in [9.17, 15) is 4.79 Å². The van der Waals surface area contributed by atoms with Gasteiger partial charge in [-0.1, -0.05) is 48.5 Å². The fourth-order valence-corrected chi connectivity index (χ4v) is 5.28. The van der Waals surface area contributed by atoms with E-state index in [4.69, 9.17) is 0 Å². The number of aromatic nitrogens is 1. The van der Waals surface area contributed by atoms with Crippen molar-refractivity contribution in [1.82, 2.24) is 20.1 Å². The van der Waals surface area contributed by atoms with Crippen LogP contribution < -0.4 is 10.2 Å². The highest BCUT2D eigenvalue weighted by Crippen LogP contribution is 2.32. The summed E-state index contributed by atoms with van der Waals surface area (Å²) in [4.78, 5) is 24.7. The van der Waals surface area contributed by atoms with Crippen LogP contribution in [0.15, 0.2) is 72.9 Å². The Hall–Kier alpha value is -3.38. The van der Waals surface area contributed by atoms with Crippen LogP contribution in [0.1, 0.15) is 18.9 Å². The molecule has 1 amide bonds. The van der Waals surface area contributed by atoms with Crippen molar-refractivity contribution < 1.29 is 4.79 Å². The van der Waals surface area contributed by atoms with E-state index in [1.165, 1.54) is 11.1 Å². The molecule has 2 aromatic carbocycles. The van der Waals surface area contributed by atoms with E-state index in [-0.39, 0.29) is 17.9 Å². The van der Waals surface area contributed by atoms with Crippen molar-refractivity contribution in [1.29, 1.82) is 0 Å². The van der Waals surface area contributed by atoms with Crippen molar-refractivity contribution in [3.05, 3.63) is 78.5 Å². The van der Waals surface area contributed by atoms with E-state index >= 15 is 0 Å². The Kier molecular flexibility index (Phi) is 7.00. The molecule has 0 bridgehead atoms. The standard InChI is InChI=1S/C29H35N5O/c1-22-25(21-27(32(22)2)23-9-4-3-5-10-23)29(35)31-15-8-16-33-17-19-34(20-18-33)26-13-6-11-24-12-7-14-30-28(24)26/h3-7,9-14,21-22,25H,8,15-20H2,1-2H3,(H,31,35). The normalized spacial score (nSPS) is 20.8. The summed E-state index contributed by atoms with van der Waals surface area (Å²) in [5, 5.41) is 4.38. The SMILES string of the molecule is CC1C(C(=O)NCCCN2CCN(c3cccc4cccnc34)CC2)C=C(c2ccccc2)N1C. The summed E-state index contributed by atoms with van der Waals surface area (Å²) in [5.74, 6) is 0.0108. The van der Waals surface area contributed by atoms with Gasteiger partial charge in [0, 0.05) is 63.1 Å². The van der Waals surface area contributed by atoms with Crippen LogP contribution in [-0.4, -0.2) is 73.0 Å². The Balaban J connectivity index is 1.08. The molecule has 0 spiro atoms. The van der Waals surface area contributed by atoms with Gasteiger partial charge in [-0.3, -0.25) is 14.7 Å². The first-order valence-electron chi connectivity index (χ1n) is 12.7. The molecule has 2 aliphatic heterocycles. The average Bonchev–Trinajstić information content (AvgIpc) is 3.21. The molecule has 182 valence electrons. The third-order valence-corrected chi connectivity index (χ3v) is 7.50. The van der Waals surface area contributed by atoms with Crippen LogP contribution in [-0.2, 0) is 4.79 Å². The lowest BCUT2D eigenvalue weighted by atomic mass is 10.0. The molecule has 2 aliphatic rings. The minimum absolute atomic E-state index is 0.118. The Labute approximate surface area is 208 Å². The number of hydrogen-bond donors (Lipinski definition) is 1. The fourth-order valence-electron chi connectivity index (χ4n) is 5.28. The number of pyridine rings is 1. The molecule has 3 aromatic rings. The summed E-state index contributed by atoms with van der Waals surface area (Å²) in [6.45, 7) is 7.92. The van der Waals surface area contributed by atoms with Crippen LogP contribution in [0.2, 0.25) is 0 Å². The second kappa shape index (κ2) is 10.5. The van der Waals surface area contributed by atoms with Gasteiger partial charge in [0.1, 0.15) is 0 Å². The van der Waals surface area contributed by atoms with Crippen molar-refractivity contribution in [2.75, 3.05) is 51.2 Å². The highest BCUT2D eigenvalue weighted by Gasteiger charge is 2.33. The molecule has 1 aromatic heterocycles. The van der Waals surface area contributed by atoms with Crippen molar-refractivity contribution in [3.63, 3.8) is 0 Å². The van der Waals surface area contributed by atoms with Gasteiger partial charge < -0.3 is 15.1 Å². The second-order valence-electron chi connectivity index (χ2n) is 9.62. The molecule has 1 fully saturated rings. The Morgan fingerprint density at radius 2 is 1.77 bits per heavy atom. The van der Waals surface area contributed by atoms with Crippen LogP contribution in [0.3, 0.4) is 0 Å². The third-order valence-electron chi connectivity index (χ3n) is 7.50. The minimum atomic E-state index is -0.118. The predicted octanol–water partition coefficient (Wildman–Crippen LogP) is 3.85. The van der Waals surface area contributed by atoms with Gasteiger partial charge in [0.25, 0.3) is 0 Å². The highest BCUT2D eigenvalue weighted by atomic mass is 16.1. The summed E-state index contributed by atoms with van der Waals surface area (Å²) in [6, 6.07) is 21.0. The number of anilines is 1. The Morgan fingerprint density at radius 3 is 2.57 bits per heavy atom. The maximum Gasteiger partial charge on any atom is 0.229 e. The quantitative estimate of drug-likeness (QED) is 0.533. The number of para-hydroxylation sites is 1. The summed E-state index contributed by atoms with van der Waals surface area (Å²) in [5.41, 5.74) is 4.61. The van der Waals surface area contributed by atoms with Crippen LogP contribution in [0.25, 0.3) is 16.6 Å². The van der Waals surface area contributed by atoms with Crippen molar-refractivity contribution in [2.45, 2.75) is 19.4 Å². The van der Waals surface area contributed by atoms with Crippen molar-refractivity contribution >= 4 is 28.2 Å². The van der Waals surface area contributed by atoms with Gasteiger partial charge in [-0.15, -0.1) is 0 Å². The minimum Gasteiger partial charge on any atom is -0.371 e. The molecule has 1 N–H and O–H groups in total. The topological polar surface area (TPSA) is 51.7 Å². The number of amides is 1. The van der Waals surface area contributed by atoms with Gasteiger partial charge in [-0.05, 0) is 43.7 Å². The zero-order valence-corrected chi connectivity index (χ0v) is 20.7. The fraction of sp³-hybridized carbons (Fsp3) is 0.379. The van der Waals surface area contributed by atoms with E-state index in [1.807, 2.05) is 30.5 Å². The lowest BCUT2D eigenvalue weighted by Gasteiger charge is -2.36. The van der Waals surface area contributed by atoms with Crippen LogP contribution in [0.5, 0.6) is 0 Å². The van der Waals surface area contributed by atoms with Gasteiger partial charge in [0.05, 0.1) is 17.1 Å². The molecular formula is C29H35N5O. The molecule has 6 heteroatoms. The molecule has 5 rings (SSSR count). The zero-order chi connectivity index (χ0) is 24.2. The summed E-state index contributed by atoms with van der Waals surface area (Å²) in [7, 11) is 2.07. The van der Waals surface area contributed by atoms with Gasteiger partial charge in [0.15, 0.2) is 0 Å². The van der Waals surface area contributed by atoms with Gasteiger partial charge >= 0.3 is 0 Å². The molecule has 0 saturated carbocycles. The Bertz CT molecular complexity index is 1180. The molecule has 35 heavy (non-hydrogen) atoms. The second-order valence-corrected chi connectivity index (χ2v) is 9.62. The lowest BCUT2D eigenvalue weighted by molar-refractivity contribution is -0.124. The third kappa shape index (κ3) is 5.03. The molecule has 1 saturated heterocycles. The molecule has 2 unspecified atom stereocenters. The largest absolute Gasteiger partial charge is 0.371 e. The van der Waals surface area contributed by atoms with Crippen LogP contribution >= 0.6 is 0 Å². The molecule has 6 nitrogen and oxygen atoms in total. The maximum atomic E-state index is 12.9. The monoisotopic (exact) mass is 469 g/mol. The number of carbonyl (C=O) groups excluding carboxylic acids is 1. The zero-order valence-electron chi connectivity index (χ0n) is 20.7. The average molecular weight is 470 g/mol. The lowest BCUT2D eigenvalue weighted by Crippen LogP contribution is -2.47.